The fourth-order valence-corrected chi connectivity index (χ4v) is 2.36. The summed E-state index contributed by atoms with van der Waals surface area (Å²) in [6, 6.07) is 4.02. The summed E-state index contributed by atoms with van der Waals surface area (Å²) in [5.74, 6) is 1.51. The number of piperidine rings is 1. The average Bonchev–Trinajstić information content (AvgIpc) is 2.41. The van der Waals surface area contributed by atoms with Gasteiger partial charge in [0.25, 0.3) is 0 Å². The molecule has 1 fully saturated rings. The molecule has 0 aliphatic carbocycles. The Bertz CT molecular complexity index is 362. The molecule has 4 nitrogen and oxygen atoms in total. The fourth-order valence-electron chi connectivity index (χ4n) is 2.36. The van der Waals surface area contributed by atoms with E-state index >= 15 is 0 Å². The lowest BCUT2D eigenvalue weighted by Crippen LogP contribution is -2.34. The third kappa shape index (κ3) is 3.96. The van der Waals surface area contributed by atoms with Crippen molar-refractivity contribution in [1.82, 2.24) is 15.2 Å². The number of hydrogen-bond acceptors (Lipinski definition) is 4. The van der Waals surface area contributed by atoms with Crippen molar-refractivity contribution in [3.63, 3.8) is 0 Å². The number of rotatable bonds is 5. The summed E-state index contributed by atoms with van der Waals surface area (Å²) in [5, 5.41) is 3.54. The van der Waals surface area contributed by atoms with Crippen LogP contribution < -0.4 is 10.1 Å². The number of nitrogens with one attached hydrogen (secondary N) is 1. The minimum Gasteiger partial charge on any atom is -0.481 e. The summed E-state index contributed by atoms with van der Waals surface area (Å²) >= 11 is 0. The molecule has 1 aromatic rings. The molecule has 0 unspecified atom stereocenters. The normalized spacial score (nSPS) is 17.9. The molecule has 18 heavy (non-hydrogen) atoms. The SMILES string of the molecule is COc1cc(CNCC2CCN(C)CC2)ccn1. The van der Waals surface area contributed by atoms with E-state index in [1.165, 1.54) is 31.5 Å². The molecule has 0 bridgehead atoms. The van der Waals surface area contributed by atoms with Gasteiger partial charge in [0.2, 0.25) is 5.88 Å². The first-order valence-corrected chi connectivity index (χ1v) is 6.66. The third-order valence-electron chi connectivity index (χ3n) is 3.61. The zero-order valence-electron chi connectivity index (χ0n) is 11.4. The van der Waals surface area contributed by atoms with Crippen molar-refractivity contribution in [2.45, 2.75) is 19.4 Å². The Morgan fingerprint density at radius 3 is 2.94 bits per heavy atom. The Labute approximate surface area is 109 Å². The summed E-state index contributed by atoms with van der Waals surface area (Å²) < 4.78 is 5.12. The maximum absolute atomic E-state index is 5.12. The first kappa shape index (κ1) is 13.3. The highest BCUT2D eigenvalue weighted by molar-refractivity contribution is 5.20. The second-order valence-corrected chi connectivity index (χ2v) is 5.08. The van der Waals surface area contributed by atoms with Gasteiger partial charge in [-0.2, -0.15) is 0 Å². The molecular weight excluding hydrogens is 226 g/mol. The highest BCUT2D eigenvalue weighted by atomic mass is 16.5. The van der Waals surface area contributed by atoms with Gasteiger partial charge in [0.15, 0.2) is 0 Å². The van der Waals surface area contributed by atoms with Crippen LogP contribution in [-0.4, -0.2) is 43.7 Å². The predicted molar refractivity (Wildman–Crippen MR) is 72.7 cm³/mol. The van der Waals surface area contributed by atoms with E-state index in [0.29, 0.717) is 5.88 Å². The lowest BCUT2D eigenvalue weighted by Gasteiger charge is -2.29. The molecule has 0 atom stereocenters. The van der Waals surface area contributed by atoms with Crippen LogP contribution in [0, 0.1) is 5.92 Å². The number of pyridine rings is 1. The van der Waals surface area contributed by atoms with Crippen molar-refractivity contribution in [2.75, 3.05) is 33.8 Å². The summed E-state index contributed by atoms with van der Waals surface area (Å²) in [5.41, 5.74) is 1.23. The Hall–Kier alpha value is -1.13. The van der Waals surface area contributed by atoms with Crippen LogP contribution in [0.2, 0.25) is 0 Å². The minimum absolute atomic E-state index is 0.689. The molecule has 0 aromatic carbocycles. The molecular formula is C14H23N3O. The van der Waals surface area contributed by atoms with Gasteiger partial charge < -0.3 is 15.0 Å². The van der Waals surface area contributed by atoms with Crippen molar-refractivity contribution in [2.24, 2.45) is 5.92 Å². The van der Waals surface area contributed by atoms with Crippen LogP contribution in [0.25, 0.3) is 0 Å². The Morgan fingerprint density at radius 1 is 1.44 bits per heavy atom. The second-order valence-electron chi connectivity index (χ2n) is 5.08. The zero-order chi connectivity index (χ0) is 12.8. The number of ether oxygens (including phenoxy) is 1. The number of likely N-dealkylation sites (tertiary alicyclic amines) is 1. The molecule has 0 spiro atoms. The number of methoxy groups -OCH3 is 1. The fraction of sp³-hybridized carbons (Fsp3) is 0.643. The quantitative estimate of drug-likeness (QED) is 0.858. The van der Waals surface area contributed by atoms with E-state index < -0.39 is 0 Å². The van der Waals surface area contributed by atoms with Crippen LogP contribution in [0.3, 0.4) is 0 Å². The topological polar surface area (TPSA) is 37.4 Å². The van der Waals surface area contributed by atoms with E-state index in [-0.39, 0.29) is 0 Å². The molecule has 2 rings (SSSR count). The molecule has 0 saturated carbocycles. The standard InChI is InChI=1S/C14H23N3O/c1-17-7-4-12(5-8-17)10-15-11-13-3-6-16-14(9-13)18-2/h3,6,9,12,15H,4-5,7-8,10-11H2,1-2H3. The molecule has 0 radical (unpaired) electrons. The first-order valence-electron chi connectivity index (χ1n) is 6.66. The second kappa shape index (κ2) is 6.71. The third-order valence-corrected chi connectivity index (χ3v) is 3.61. The van der Waals surface area contributed by atoms with Crippen molar-refractivity contribution in [1.29, 1.82) is 0 Å². The van der Waals surface area contributed by atoms with Gasteiger partial charge in [-0.3, -0.25) is 0 Å². The van der Waals surface area contributed by atoms with Gasteiger partial charge in [-0.25, -0.2) is 4.98 Å². The lowest BCUT2D eigenvalue weighted by molar-refractivity contribution is 0.216. The van der Waals surface area contributed by atoms with Crippen LogP contribution in [-0.2, 0) is 6.54 Å². The molecule has 0 amide bonds. The highest BCUT2D eigenvalue weighted by Crippen LogP contribution is 2.15. The van der Waals surface area contributed by atoms with Crippen molar-refractivity contribution < 1.29 is 4.74 Å². The van der Waals surface area contributed by atoms with Crippen molar-refractivity contribution in [3.05, 3.63) is 23.9 Å². The zero-order valence-corrected chi connectivity index (χ0v) is 11.4. The van der Waals surface area contributed by atoms with Gasteiger partial charge in [0, 0.05) is 18.8 Å². The van der Waals surface area contributed by atoms with Gasteiger partial charge in [-0.15, -0.1) is 0 Å². The number of nitrogens with zero attached hydrogens (tertiary/aromatic N) is 2. The monoisotopic (exact) mass is 249 g/mol. The predicted octanol–water partition coefficient (Wildman–Crippen LogP) is 1.52. The minimum atomic E-state index is 0.689. The molecule has 100 valence electrons. The summed E-state index contributed by atoms with van der Waals surface area (Å²) in [4.78, 5) is 6.52. The molecule has 1 aromatic heterocycles. The van der Waals surface area contributed by atoms with Gasteiger partial charge in [0.05, 0.1) is 7.11 Å². The van der Waals surface area contributed by atoms with E-state index in [1.807, 2.05) is 12.1 Å². The largest absolute Gasteiger partial charge is 0.481 e. The molecule has 4 heteroatoms. The van der Waals surface area contributed by atoms with Gasteiger partial charge in [-0.05, 0) is 57.1 Å². The van der Waals surface area contributed by atoms with E-state index in [4.69, 9.17) is 4.74 Å². The first-order chi connectivity index (χ1) is 8.78. The molecule has 1 N–H and O–H groups in total. The Balaban J connectivity index is 1.71. The molecule has 2 heterocycles. The number of hydrogen-bond donors (Lipinski definition) is 1. The maximum atomic E-state index is 5.12. The van der Waals surface area contributed by atoms with Crippen molar-refractivity contribution in [3.8, 4) is 5.88 Å². The maximum Gasteiger partial charge on any atom is 0.213 e. The van der Waals surface area contributed by atoms with E-state index in [2.05, 4.69) is 22.2 Å². The number of aromatic nitrogens is 1. The molecule has 1 aliphatic rings. The highest BCUT2D eigenvalue weighted by Gasteiger charge is 2.15. The molecule has 1 aliphatic heterocycles. The van der Waals surface area contributed by atoms with Gasteiger partial charge in [-0.1, -0.05) is 0 Å². The van der Waals surface area contributed by atoms with Crippen LogP contribution in [0.15, 0.2) is 18.3 Å². The smallest absolute Gasteiger partial charge is 0.213 e. The van der Waals surface area contributed by atoms with E-state index in [0.717, 1.165) is 19.0 Å². The Kier molecular flexibility index (Phi) is 4.96. The average molecular weight is 249 g/mol. The van der Waals surface area contributed by atoms with E-state index in [9.17, 15) is 0 Å². The van der Waals surface area contributed by atoms with E-state index in [1.54, 1.807) is 13.3 Å². The summed E-state index contributed by atoms with van der Waals surface area (Å²) in [7, 11) is 3.85. The van der Waals surface area contributed by atoms with Crippen LogP contribution >= 0.6 is 0 Å². The lowest BCUT2D eigenvalue weighted by atomic mass is 9.97. The summed E-state index contributed by atoms with van der Waals surface area (Å²) in [6.07, 6.45) is 4.41. The Morgan fingerprint density at radius 2 is 2.22 bits per heavy atom. The van der Waals surface area contributed by atoms with Gasteiger partial charge >= 0.3 is 0 Å². The van der Waals surface area contributed by atoms with Crippen LogP contribution in [0.1, 0.15) is 18.4 Å². The van der Waals surface area contributed by atoms with Crippen LogP contribution in [0.5, 0.6) is 5.88 Å². The van der Waals surface area contributed by atoms with Crippen molar-refractivity contribution >= 4 is 0 Å². The summed E-state index contributed by atoms with van der Waals surface area (Å²) in [6.45, 7) is 4.47. The van der Waals surface area contributed by atoms with Gasteiger partial charge in [0.1, 0.15) is 0 Å². The molecule has 1 saturated heterocycles. The van der Waals surface area contributed by atoms with Crippen LogP contribution in [0.4, 0.5) is 0 Å².